The third-order valence-electron chi connectivity index (χ3n) is 5.74. The van der Waals surface area contributed by atoms with Crippen LogP contribution in [0.4, 0.5) is 10.5 Å². The minimum atomic E-state index is -0.879. The van der Waals surface area contributed by atoms with Gasteiger partial charge >= 0.3 is 12.0 Å². The fourth-order valence-electron chi connectivity index (χ4n) is 3.90. The van der Waals surface area contributed by atoms with E-state index in [1.807, 2.05) is 13.0 Å². The summed E-state index contributed by atoms with van der Waals surface area (Å²) in [4.78, 5) is 52.5. The van der Waals surface area contributed by atoms with E-state index in [9.17, 15) is 19.2 Å². The van der Waals surface area contributed by atoms with Gasteiger partial charge in [0.2, 0.25) is 5.75 Å². The predicted octanol–water partition coefficient (Wildman–Crippen LogP) is 4.67. The zero-order valence-electron chi connectivity index (χ0n) is 21.4. The molecule has 0 spiro atoms. The van der Waals surface area contributed by atoms with E-state index < -0.39 is 23.8 Å². The molecule has 4 rings (SSSR count). The average Bonchev–Trinajstić information content (AvgIpc) is 2.91. The van der Waals surface area contributed by atoms with Crippen LogP contribution in [0.5, 0.6) is 23.0 Å². The number of nitrogens with zero attached hydrogens (tertiary/aromatic N) is 1. The lowest BCUT2D eigenvalue weighted by molar-refractivity contribution is -0.122. The van der Waals surface area contributed by atoms with Gasteiger partial charge < -0.3 is 18.9 Å². The maximum atomic E-state index is 13.3. The highest BCUT2D eigenvalue weighted by atomic mass is 79.9. The molecular formula is C28H23BrN2O8. The van der Waals surface area contributed by atoms with E-state index in [-0.39, 0.29) is 33.9 Å². The molecule has 4 amide bonds. The molecule has 1 aliphatic rings. The maximum absolute atomic E-state index is 13.3. The van der Waals surface area contributed by atoms with Gasteiger partial charge in [-0.3, -0.25) is 14.9 Å². The second-order valence-corrected chi connectivity index (χ2v) is 9.20. The molecule has 39 heavy (non-hydrogen) atoms. The highest BCUT2D eigenvalue weighted by Gasteiger charge is 2.37. The Bertz CT molecular complexity index is 1510. The average molecular weight is 595 g/mol. The molecule has 1 aliphatic heterocycles. The number of esters is 1. The van der Waals surface area contributed by atoms with Crippen LogP contribution in [0.1, 0.15) is 21.5 Å². The number of hydrogen-bond acceptors (Lipinski definition) is 8. The number of barbiturate groups is 1. The number of nitrogens with one attached hydrogen (secondary N) is 1. The number of halogens is 1. The Labute approximate surface area is 232 Å². The summed E-state index contributed by atoms with van der Waals surface area (Å²) in [7, 11) is 4.28. The largest absolute Gasteiger partial charge is 0.493 e. The summed E-state index contributed by atoms with van der Waals surface area (Å²) < 4.78 is 22.1. The number of aryl methyl sites for hydroxylation is 1. The van der Waals surface area contributed by atoms with Crippen LogP contribution in [-0.4, -0.2) is 45.1 Å². The second kappa shape index (κ2) is 11.4. The van der Waals surface area contributed by atoms with Gasteiger partial charge in [-0.2, -0.15) is 0 Å². The highest BCUT2D eigenvalue weighted by molar-refractivity contribution is 9.10. The first-order valence-corrected chi connectivity index (χ1v) is 12.3. The van der Waals surface area contributed by atoms with Crippen molar-refractivity contribution in [2.45, 2.75) is 6.92 Å². The molecule has 3 aromatic carbocycles. The third-order valence-corrected chi connectivity index (χ3v) is 6.23. The Morgan fingerprint density at radius 1 is 0.897 bits per heavy atom. The van der Waals surface area contributed by atoms with Crippen LogP contribution in [0.2, 0.25) is 0 Å². The quantitative estimate of drug-likeness (QED) is 0.181. The Kier molecular flexibility index (Phi) is 8.01. The van der Waals surface area contributed by atoms with Crippen molar-refractivity contribution in [3.63, 3.8) is 0 Å². The van der Waals surface area contributed by atoms with Gasteiger partial charge in [-0.05, 0) is 61.0 Å². The van der Waals surface area contributed by atoms with Crippen LogP contribution in [0.25, 0.3) is 6.08 Å². The third kappa shape index (κ3) is 5.63. The molecule has 200 valence electrons. The van der Waals surface area contributed by atoms with E-state index >= 15 is 0 Å². The van der Waals surface area contributed by atoms with Crippen molar-refractivity contribution in [3.05, 3.63) is 81.3 Å². The first-order valence-electron chi connectivity index (χ1n) is 11.5. The summed E-state index contributed by atoms with van der Waals surface area (Å²) >= 11 is 3.36. The number of benzene rings is 3. The Morgan fingerprint density at radius 3 is 2.21 bits per heavy atom. The number of methoxy groups -OCH3 is 3. The summed E-state index contributed by atoms with van der Waals surface area (Å²) in [6, 6.07) is 13.4. The van der Waals surface area contributed by atoms with E-state index in [0.717, 1.165) is 10.5 Å². The summed E-state index contributed by atoms with van der Waals surface area (Å²) in [6.07, 6.45) is 1.26. The molecule has 1 N–H and O–H groups in total. The van der Waals surface area contributed by atoms with E-state index in [2.05, 4.69) is 21.2 Å². The molecule has 0 unspecified atom stereocenters. The van der Waals surface area contributed by atoms with Crippen LogP contribution in [0, 0.1) is 6.92 Å². The number of rotatable bonds is 7. The number of carbonyl (C=O) groups is 4. The maximum Gasteiger partial charge on any atom is 0.343 e. The number of anilines is 1. The lowest BCUT2D eigenvalue weighted by Gasteiger charge is -2.26. The van der Waals surface area contributed by atoms with E-state index in [0.29, 0.717) is 15.9 Å². The number of hydrogen-bond donors (Lipinski definition) is 1. The molecule has 1 heterocycles. The van der Waals surface area contributed by atoms with Gasteiger partial charge in [0.05, 0.1) is 32.6 Å². The molecule has 0 radical (unpaired) electrons. The molecule has 0 atom stereocenters. The van der Waals surface area contributed by atoms with Crippen LogP contribution < -0.4 is 29.2 Å². The topological polar surface area (TPSA) is 120 Å². The molecule has 1 fully saturated rings. The van der Waals surface area contributed by atoms with E-state index in [1.54, 1.807) is 30.3 Å². The zero-order chi connectivity index (χ0) is 28.3. The number of carbonyl (C=O) groups excluding carboxylic acids is 4. The van der Waals surface area contributed by atoms with Crippen LogP contribution in [0.15, 0.2) is 64.6 Å². The monoisotopic (exact) mass is 594 g/mol. The van der Waals surface area contributed by atoms with Gasteiger partial charge in [-0.25, -0.2) is 14.5 Å². The minimum Gasteiger partial charge on any atom is -0.493 e. The van der Waals surface area contributed by atoms with Gasteiger partial charge in [0.1, 0.15) is 11.3 Å². The summed E-state index contributed by atoms with van der Waals surface area (Å²) in [6.45, 7) is 1.81. The van der Waals surface area contributed by atoms with Gasteiger partial charge in [0.25, 0.3) is 11.8 Å². The molecule has 0 aromatic heterocycles. The van der Waals surface area contributed by atoms with Gasteiger partial charge in [0, 0.05) is 10.0 Å². The molecule has 0 saturated carbocycles. The Hall–Kier alpha value is -4.64. The fraction of sp³-hybridized carbons (Fsp3) is 0.143. The van der Waals surface area contributed by atoms with Crippen molar-refractivity contribution in [3.8, 4) is 23.0 Å². The normalized spacial score (nSPS) is 14.2. The first-order chi connectivity index (χ1) is 18.7. The number of imide groups is 2. The summed E-state index contributed by atoms with van der Waals surface area (Å²) in [5.41, 5.74) is 1.15. The van der Waals surface area contributed by atoms with Gasteiger partial charge in [-0.15, -0.1) is 0 Å². The van der Waals surface area contributed by atoms with Crippen molar-refractivity contribution < 1.29 is 38.1 Å². The fourth-order valence-corrected chi connectivity index (χ4v) is 4.28. The number of ether oxygens (including phenoxy) is 4. The smallest absolute Gasteiger partial charge is 0.343 e. The van der Waals surface area contributed by atoms with Crippen LogP contribution in [-0.2, 0) is 9.59 Å². The SMILES string of the molecule is COc1cc(C(=O)Oc2ccc(Br)cc2/C=C2/C(=O)NC(=O)N(c3cccc(C)c3)C2=O)cc(OC)c1OC. The Balaban J connectivity index is 1.72. The van der Waals surface area contributed by atoms with E-state index in [4.69, 9.17) is 18.9 Å². The van der Waals surface area contributed by atoms with Crippen molar-refractivity contribution in [2.24, 2.45) is 0 Å². The molecule has 1 saturated heterocycles. The Morgan fingerprint density at radius 2 is 1.59 bits per heavy atom. The molecule has 11 heteroatoms. The molecule has 10 nitrogen and oxygen atoms in total. The zero-order valence-corrected chi connectivity index (χ0v) is 23.0. The lowest BCUT2D eigenvalue weighted by Crippen LogP contribution is -2.54. The first kappa shape index (κ1) is 27.4. The number of urea groups is 1. The van der Waals surface area contributed by atoms with Crippen molar-refractivity contribution in [1.29, 1.82) is 0 Å². The predicted molar refractivity (Wildman–Crippen MR) is 145 cm³/mol. The van der Waals surface area contributed by atoms with Crippen LogP contribution in [0.3, 0.4) is 0 Å². The van der Waals surface area contributed by atoms with E-state index in [1.165, 1.54) is 45.6 Å². The van der Waals surface area contributed by atoms with Crippen molar-refractivity contribution in [2.75, 3.05) is 26.2 Å². The van der Waals surface area contributed by atoms with Crippen molar-refractivity contribution in [1.82, 2.24) is 5.32 Å². The standard InChI is InChI=1S/C28H23BrN2O8/c1-15-6-5-7-19(10-15)31-26(33)20(25(32)30-28(31)35)12-16-11-18(29)8-9-21(16)39-27(34)17-13-22(36-2)24(38-4)23(14-17)37-3/h5-14H,1-4H3,(H,30,32,35)/b20-12-. The molecule has 0 aliphatic carbocycles. The molecule has 0 bridgehead atoms. The minimum absolute atomic E-state index is 0.0593. The van der Waals surface area contributed by atoms with Gasteiger partial charge in [-0.1, -0.05) is 28.1 Å². The molecular weight excluding hydrogens is 572 g/mol. The highest BCUT2D eigenvalue weighted by Crippen LogP contribution is 2.38. The molecule has 3 aromatic rings. The van der Waals surface area contributed by atoms with Gasteiger partial charge in [0.15, 0.2) is 11.5 Å². The van der Waals surface area contributed by atoms with Crippen LogP contribution >= 0.6 is 15.9 Å². The second-order valence-electron chi connectivity index (χ2n) is 8.28. The van der Waals surface area contributed by atoms with Crippen molar-refractivity contribution >= 4 is 51.5 Å². The number of amides is 4. The summed E-state index contributed by atoms with van der Waals surface area (Å²) in [5, 5.41) is 2.18. The summed E-state index contributed by atoms with van der Waals surface area (Å²) in [5.74, 6) is -1.58. The lowest BCUT2D eigenvalue weighted by atomic mass is 10.1.